The summed E-state index contributed by atoms with van der Waals surface area (Å²) in [7, 11) is 3.32. The maximum Gasteiger partial charge on any atom is 0.191 e. The fourth-order valence-corrected chi connectivity index (χ4v) is 3.41. The maximum absolute atomic E-state index is 5.38. The van der Waals surface area contributed by atoms with Gasteiger partial charge in [-0.2, -0.15) is 0 Å². The zero-order valence-corrected chi connectivity index (χ0v) is 17.4. The Bertz CT molecular complexity index is 586. The van der Waals surface area contributed by atoms with Crippen molar-refractivity contribution in [1.82, 2.24) is 15.5 Å². The van der Waals surface area contributed by atoms with E-state index in [2.05, 4.69) is 35.4 Å². The van der Waals surface area contributed by atoms with Gasteiger partial charge in [-0.3, -0.25) is 4.99 Å². The Morgan fingerprint density at radius 2 is 1.89 bits per heavy atom. The fraction of sp³-hybridized carbons (Fsp3) is 0.667. The number of methoxy groups -OCH3 is 2. The highest BCUT2D eigenvalue weighted by molar-refractivity contribution is 5.79. The molecule has 0 amide bonds. The van der Waals surface area contributed by atoms with Crippen molar-refractivity contribution in [2.45, 2.75) is 33.1 Å². The lowest BCUT2D eigenvalue weighted by molar-refractivity contribution is 0.291. The molecule has 1 aromatic carbocycles. The Hall–Kier alpha value is -1.95. The number of likely N-dealkylation sites (tertiary alicyclic amines) is 1. The first-order valence-corrected chi connectivity index (χ1v) is 10.1. The number of benzene rings is 1. The van der Waals surface area contributed by atoms with Gasteiger partial charge in [-0.05, 0) is 62.9 Å². The highest BCUT2D eigenvalue weighted by atomic mass is 16.5. The van der Waals surface area contributed by atoms with Gasteiger partial charge < -0.3 is 25.0 Å². The quantitative estimate of drug-likeness (QED) is 0.485. The SMILES string of the molecule is CCNC(=NCC(C)CN1CCCC1)NCCc1ccc(OC)c(OC)c1. The van der Waals surface area contributed by atoms with Crippen molar-refractivity contribution < 1.29 is 9.47 Å². The number of ether oxygens (including phenoxy) is 2. The lowest BCUT2D eigenvalue weighted by Crippen LogP contribution is -2.39. The molecule has 1 heterocycles. The summed E-state index contributed by atoms with van der Waals surface area (Å²) >= 11 is 0. The normalized spacial score (nSPS) is 16.2. The second-order valence-corrected chi connectivity index (χ2v) is 7.20. The van der Waals surface area contributed by atoms with E-state index in [4.69, 9.17) is 14.5 Å². The standard InChI is InChI=1S/C21H36N4O2/c1-5-22-21(24-15-17(2)16-25-12-6-7-13-25)23-11-10-18-8-9-19(26-3)20(14-18)27-4/h8-9,14,17H,5-7,10-13,15-16H2,1-4H3,(H2,22,23,24). The molecule has 27 heavy (non-hydrogen) atoms. The number of hydrogen-bond acceptors (Lipinski definition) is 4. The first kappa shape index (κ1) is 21.4. The maximum atomic E-state index is 5.38. The third kappa shape index (κ3) is 7.29. The van der Waals surface area contributed by atoms with E-state index in [1.54, 1.807) is 14.2 Å². The molecule has 1 fully saturated rings. The second kappa shape index (κ2) is 11.7. The second-order valence-electron chi connectivity index (χ2n) is 7.20. The van der Waals surface area contributed by atoms with Crippen LogP contribution in [0.3, 0.4) is 0 Å². The Kier molecular flexibility index (Phi) is 9.25. The monoisotopic (exact) mass is 376 g/mol. The van der Waals surface area contributed by atoms with Crippen LogP contribution in [0.4, 0.5) is 0 Å². The number of nitrogens with zero attached hydrogens (tertiary/aromatic N) is 2. The van der Waals surface area contributed by atoms with Gasteiger partial charge in [0.1, 0.15) is 0 Å². The number of nitrogens with one attached hydrogen (secondary N) is 2. The van der Waals surface area contributed by atoms with Crippen LogP contribution in [0.15, 0.2) is 23.2 Å². The van der Waals surface area contributed by atoms with E-state index in [1.165, 1.54) is 31.5 Å². The van der Waals surface area contributed by atoms with Gasteiger partial charge in [0.05, 0.1) is 14.2 Å². The van der Waals surface area contributed by atoms with Crippen LogP contribution in [0, 0.1) is 5.92 Å². The van der Waals surface area contributed by atoms with Crippen LogP contribution < -0.4 is 20.1 Å². The largest absolute Gasteiger partial charge is 0.493 e. The summed E-state index contributed by atoms with van der Waals surface area (Å²) in [6.07, 6.45) is 3.58. The van der Waals surface area contributed by atoms with Crippen LogP contribution in [-0.4, -0.2) is 64.3 Å². The minimum atomic E-state index is 0.574. The molecule has 6 nitrogen and oxygen atoms in total. The fourth-order valence-electron chi connectivity index (χ4n) is 3.41. The van der Waals surface area contributed by atoms with E-state index in [1.807, 2.05) is 12.1 Å². The molecule has 1 aliphatic rings. The molecule has 1 atom stereocenters. The van der Waals surface area contributed by atoms with Crippen LogP contribution in [0.1, 0.15) is 32.3 Å². The molecule has 0 spiro atoms. The van der Waals surface area contributed by atoms with Crippen molar-refractivity contribution in [3.05, 3.63) is 23.8 Å². The first-order chi connectivity index (χ1) is 13.2. The lowest BCUT2D eigenvalue weighted by atomic mass is 10.1. The Labute approximate surface area is 164 Å². The van der Waals surface area contributed by atoms with Crippen LogP contribution in [0.25, 0.3) is 0 Å². The van der Waals surface area contributed by atoms with Gasteiger partial charge in [-0.25, -0.2) is 0 Å². The smallest absolute Gasteiger partial charge is 0.191 e. The molecular formula is C21H36N4O2. The molecule has 1 aromatic rings. The van der Waals surface area contributed by atoms with Crippen LogP contribution in [0.2, 0.25) is 0 Å². The molecular weight excluding hydrogens is 340 g/mol. The van der Waals surface area contributed by atoms with E-state index < -0.39 is 0 Å². The molecule has 2 rings (SSSR count). The topological polar surface area (TPSA) is 58.1 Å². The van der Waals surface area contributed by atoms with Crippen LogP contribution >= 0.6 is 0 Å². The van der Waals surface area contributed by atoms with Crippen molar-refractivity contribution >= 4 is 5.96 Å². The van der Waals surface area contributed by atoms with E-state index >= 15 is 0 Å². The molecule has 6 heteroatoms. The summed E-state index contributed by atoms with van der Waals surface area (Å²) in [6, 6.07) is 6.06. The average Bonchev–Trinajstić information content (AvgIpc) is 3.18. The minimum Gasteiger partial charge on any atom is -0.493 e. The average molecular weight is 377 g/mol. The molecule has 1 unspecified atom stereocenters. The Morgan fingerprint density at radius 3 is 2.56 bits per heavy atom. The summed E-state index contributed by atoms with van der Waals surface area (Å²) in [5.41, 5.74) is 1.21. The van der Waals surface area contributed by atoms with E-state index in [-0.39, 0.29) is 0 Å². The third-order valence-electron chi connectivity index (χ3n) is 4.83. The Morgan fingerprint density at radius 1 is 1.15 bits per heavy atom. The van der Waals surface area contributed by atoms with Gasteiger partial charge in [-0.1, -0.05) is 13.0 Å². The van der Waals surface area contributed by atoms with Gasteiger partial charge in [0.2, 0.25) is 0 Å². The molecule has 0 bridgehead atoms. The van der Waals surface area contributed by atoms with Gasteiger partial charge in [-0.15, -0.1) is 0 Å². The molecule has 152 valence electrons. The molecule has 2 N–H and O–H groups in total. The number of guanidine groups is 1. The predicted octanol–water partition coefficient (Wildman–Crippen LogP) is 2.53. The summed E-state index contributed by atoms with van der Waals surface area (Å²) in [5.74, 6) is 3.00. The molecule has 0 saturated carbocycles. The molecule has 0 aromatic heterocycles. The zero-order valence-electron chi connectivity index (χ0n) is 17.4. The molecule has 1 saturated heterocycles. The van der Waals surface area contributed by atoms with Crippen LogP contribution in [-0.2, 0) is 6.42 Å². The van der Waals surface area contributed by atoms with Crippen molar-refractivity contribution in [3.8, 4) is 11.5 Å². The zero-order chi connectivity index (χ0) is 19.5. The summed E-state index contributed by atoms with van der Waals surface area (Å²) in [4.78, 5) is 7.32. The predicted molar refractivity (Wildman–Crippen MR) is 112 cm³/mol. The van der Waals surface area contributed by atoms with E-state index in [0.29, 0.717) is 5.92 Å². The van der Waals surface area contributed by atoms with Gasteiger partial charge >= 0.3 is 0 Å². The van der Waals surface area contributed by atoms with Gasteiger partial charge in [0.25, 0.3) is 0 Å². The highest BCUT2D eigenvalue weighted by Gasteiger charge is 2.14. The molecule has 0 aliphatic carbocycles. The highest BCUT2D eigenvalue weighted by Crippen LogP contribution is 2.27. The summed E-state index contributed by atoms with van der Waals surface area (Å²) in [6.45, 7) is 10.6. The minimum absolute atomic E-state index is 0.574. The lowest BCUT2D eigenvalue weighted by Gasteiger charge is -2.19. The summed E-state index contributed by atoms with van der Waals surface area (Å²) < 4.78 is 10.7. The number of hydrogen-bond donors (Lipinski definition) is 2. The van der Waals surface area contributed by atoms with E-state index in [0.717, 1.165) is 50.1 Å². The Balaban J connectivity index is 1.80. The summed E-state index contributed by atoms with van der Waals surface area (Å²) in [5, 5.41) is 6.78. The van der Waals surface area contributed by atoms with Crippen molar-refractivity contribution in [3.63, 3.8) is 0 Å². The third-order valence-corrected chi connectivity index (χ3v) is 4.83. The molecule has 0 radical (unpaired) electrons. The van der Waals surface area contributed by atoms with Crippen molar-refractivity contribution in [1.29, 1.82) is 0 Å². The van der Waals surface area contributed by atoms with Crippen molar-refractivity contribution in [2.75, 3.05) is 53.5 Å². The number of aliphatic imine (C=N–C) groups is 1. The number of rotatable bonds is 10. The van der Waals surface area contributed by atoms with Crippen LogP contribution in [0.5, 0.6) is 11.5 Å². The van der Waals surface area contributed by atoms with Gasteiger partial charge in [0, 0.05) is 26.2 Å². The van der Waals surface area contributed by atoms with E-state index in [9.17, 15) is 0 Å². The van der Waals surface area contributed by atoms with Gasteiger partial charge in [0.15, 0.2) is 17.5 Å². The first-order valence-electron chi connectivity index (χ1n) is 10.1. The van der Waals surface area contributed by atoms with Crippen molar-refractivity contribution in [2.24, 2.45) is 10.9 Å². The molecule has 1 aliphatic heterocycles.